The summed E-state index contributed by atoms with van der Waals surface area (Å²) in [5, 5.41) is 10.6. The molecule has 1 aromatic carbocycles. The highest BCUT2D eigenvalue weighted by molar-refractivity contribution is 6.34. The SMILES string of the molecule is CC(C)(C)n1c(O)nc2ncc(Cl)c(-c3ccc(F)cc3)c21. The molecule has 2 heterocycles. The number of rotatable bonds is 1. The minimum Gasteiger partial charge on any atom is -0.480 e. The molecule has 0 aliphatic heterocycles. The number of hydrogen-bond donors (Lipinski definition) is 1. The molecule has 1 N–H and O–H groups in total. The molecule has 3 rings (SSSR count). The standard InChI is InChI=1S/C16H15ClFN3O/c1-16(2,3)21-13-12(9-4-6-10(18)7-5-9)11(17)8-19-14(13)20-15(21)22/h4-8H,1-3H3,(H,19,20,22). The average Bonchev–Trinajstić information content (AvgIpc) is 2.76. The van der Waals surface area contributed by atoms with Crippen molar-refractivity contribution in [3.05, 3.63) is 41.3 Å². The number of nitrogens with zero attached hydrogens (tertiary/aromatic N) is 3. The molecule has 4 nitrogen and oxygen atoms in total. The van der Waals surface area contributed by atoms with Crippen molar-refractivity contribution < 1.29 is 9.50 Å². The van der Waals surface area contributed by atoms with Crippen LogP contribution in [-0.2, 0) is 5.54 Å². The Balaban J connectivity index is 2.43. The van der Waals surface area contributed by atoms with Gasteiger partial charge in [0, 0.05) is 17.3 Å². The van der Waals surface area contributed by atoms with Crippen LogP contribution in [0, 0.1) is 5.82 Å². The highest BCUT2D eigenvalue weighted by Crippen LogP contribution is 2.38. The van der Waals surface area contributed by atoms with Crippen molar-refractivity contribution in [2.45, 2.75) is 26.3 Å². The number of pyridine rings is 1. The Hall–Kier alpha value is -2.14. The number of benzene rings is 1. The fourth-order valence-corrected chi connectivity index (χ4v) is 2.78. The largest absolute Gasteiger partial charge is 0.480 e. The molecule has 0 fully saturated rings. The van der Waals surface area contributed by atoms with Gasteiger partial charge >= 0.3 is 0 Å². The molecule has 0 amide bonds. The Labute approximate surface area is 132 Å². The second-order valence-electron chi connectivity index (χ2n) is 6.08. The van der Waals surface area contributed by atoms with Crippen molar-refractivity contribution >= 4 is 22.8 Å². The Bertz CT molecular complexity index is 850. The number of aromatic nitrogens is 3. The van der Waals surface area contributed by atoms with Gasteiger partial charge in [-0.05, 0) is 38.5 Å². The summed E-state index contributed by atoms with van der Waals surface area (Å²) in [6.45, 7) is 5.84. The third-order valence-electron chi connectivity index (χ3n) is 3.42. The third kappa shape index (κ3) is 2.31. The van der Waals surface area contributed by atoms with Crippen molar-refractivity contribution in [3.63, 3.8) is 0 Å². The van der Waals surface area contributed by atoms with Gasteiger partial charge in [0.05, 0.1) is 5.02 Å². The van der Waals surface area contributed by atoms with Crippen LogP contribution in [0.2, 0.25) is 5.02 Å². The van der Waals surface area contributed by atoms with E-state index < -0.39 is 5.54 Å². The number of aromatic hydroxyl groups is 1. The van der Waals surface area contributed by atoms with Crippen molar-refractivity contribution in [1.82, 2.24) is 14.5 Å². The normalized spacial score (nSPS) is 12.0. The first kappa shape index (κ1) is 14.8. The zero-order valence-corrected chi connectivity index (χ0v) is 13.2. The molecule has 0 spiro atoms. The number of imidazole rings is 1. The minimum absolute atomic E-state index is 0.124. The predicted molar refractivity (Wildman–Crippen MR) is 84.6 cm³/mol. The number of fused-ring (bicyclic) bond motifs is 1. The Morgan fingerprint density at radius 1 is 1.18 bits per heavy atom. The summed E-state index contributed by atoms with van der Waals surface area (Å²) in [5.74, 6) is -0.322. The van der Waals surface area contributed by atoms with E-state index in [1.54, 1.807) is 16.7 Å². The first-order valence-corrected chi connectivity index (χ1v) is 7.19. The van der Waals surface area contributed by atoms with Gasteiger partial charge in [0.2, 0.25) is 0 Å². The maximum atomic E-state index is 13.2. The van der Waals surface area contributed by atoms with E-state index in [9.17, 15) is 9.50 Å². The van der Waals surface area contributed by atoms with Gasteiger partial charge in [-0.1, -0.05) is 23.7 Å². The molecule has 0 saturated heterocycles. The van der Waals surface area contributed by atoms with Crippen LogP contribution in [0.4, 0.5) is 4.39 Å². The number of halogens is 2. The molecule has 0 aliphatic carbocycles. The van der Waals surface area contributed by atoms with Gasteiger partial charge in [-0.25, -0.2) is 9.37 Å². The van der Waals surface area contributed by atoms with Crippen LogP contribution in [0.3, 0.4) is 0 Å². The van der Waals surface area contributed by atoms with Gasteiger partial charge in [-0.3, -0.25) is 4.57 Å². The maximum absolute atomic E-state index is 13.2. The molecule has 0 radical (unpaired) electrons. The Morgan fingerprint density at radius 3 is 2.41 bits per heavy atom. The van der Waals surface area contributed by atoms with Gasteiger partial charge in [0.25, 0.3) is 6.01 Å². The van der Waals surface area contributed by atoms with E-state index in [2.05, 4.69) is 9.97 Å². The molecule has 0 bridgehead atoms. The fraction of sp³-hybridized carbons (Fsp3) is 0.250. The molecule has 0 saturated carbocycles. The maximum Gasteiger partial charge on any atom is 0.296 e. The second kappa shape index (κ2) is 4.95. The lowest BCUT2D eigenvalue weighted by molar-refractivity contribution is 0.324. The summed E-state index contributed by atoms with van der Waals surface area (Å²) in [4.78, 5) is 8.28. The van der Waals surface area contributed by atoms with Crippen molar-refractivity contribution in [3.8, 4) is 17.1 Å². The molecule has 0 atom stereocenters. The average molecular weight is 320 g/mol. The summed E-state index contributed by atoms with van der Waals surface area (Å²) in [5.41, 5.74) is 2.03. The molecule has 0 aliphatic rings. The zero-order chi connectivity index (χ0) is 16.1. The van der Waals surface area contributed by atoms with Crippen molar-refractivity contribution in [2.75, 3.05) is 0 Å². The zero-order valence-electron chi connectivity index (χ0n) is 12.4. The van der Waals surface area contributed by atoms with Crippen LogP contribution < -0.4 is 0 Å². The fourth-order valence-electron chi connectivity index (χ4n) is 2.53. The molecule has 22 heavy (non-hydrogen) atoms. The van der Waals surface area contributed by atoms with Gasteiger partial charge in [0.1, 0.15) is 11.3 Å². The van der Waals surface area contributed by atoms with Crippen LogP contribution in [0.1, 0.15) is 20.8 Å². The molecule has 2 aromatic heterocycles. The topological polar surface area (TPSA) is 50.9 Å². The molecule has 114 valence electrons. The lowest BCUT2D eigenvalue weighted by atomic mass is 10.0. The summed E-state index contributed by atoms with van der Waals surface area (Å²) < 4.78 is 14.9. The quantitative estimate of drug-likeness (QED) is 0.725. The highest BCUT2D eigenvalue weighted by atomic mass is 35.5. The van der Waals surface area contributed by atoms with Crippen LogP contribution in [0.5, 0.6) is 6.01 Å². The summed E-state index contributed by atoms with van der Waals surface area (Å²) >= 11 is 6.33. The molecule has 3 aromatic rings. The summed E-state index contributed by atoms with van der Waals surface area (Å²) in [6.07, 6.45) is 1.49. The van der Waals surface area contributed by atoms with Crippen LogP contribution in [0.15, 0.2) is 30.5 Å². The van der Waals surface area contributed by atoms with Gasteiger partial charge in [-0.2, -0.15) is 4.98 Å². The highest BCUT2D eigenvalue weighted by Gasteiger charge is 2.25. The number of hydrogen-bond acceptors (Lipinski definition) is 3. The van der Waals surface area contributed by atoms with E-state index in [1.807, 2.05) is 20.8 Å². The second-order valence-corrected chi connectivity index (χ2v) is 6.49. The van der Waals surface area contributed by atoms with Gasteiger partial charge < -0.3 is 5.11 Å². The van der Waals surface area contributed by atoms with Crippen molar-refractivity contribution in [2.24, 2.45) is 0 Å². The van der Waals surface area contributed by atoms with E-state index in [0.29, 0.717) is 21.7 Å². The predicted octanol–water partition coefficient (Wildman–Crippen LogP) is 4.35. The lowest BCUT2D eigenvalue weighted by Gasteiger charge is -2.23. The molecule has 0 unspecified atom stereocenters. The summed E-state index contributed by atoms with van der Waals surface area (Å²) in [6, 6.07) is 5.91. The van der Waals surface area contributed by atoms with Crippen LogP contribution >= 0.6 is 11.6 Å². The van der Waals surface area contributed by atoms with E-state index in [0.717, 1.165) is 5.56 Å². The third-order valence-corrected chi connectivity index (χ3v) is 3.71. The Kier molecular flexibility index (Phi) is 3.33. The van der Waals surface area contributed by atoms with E-state index in [4.69, 9.17) is 11.6 Å². The molecular weight excluding hydrogens is 305 g/mol. The minimum atomic E-state index is -0.417. The smallest absolute Gasteiger partial charge is 0.296 e. The molecule has 6 heteroatoms. The van der Waals surface area contributed by atoms with Crippen LogP contribution in [0.25, 0.3) is 22.3 Å². The Morgan fingerprint density at radius 2 is 1.82 bits per heavy atom. The van der Waals surface area contributed by atoms with Gasteiger partial charge in [-0.15, -0.1) is 0 Å². The van der Waals surface area contributed by atoms with E-state index >= 15 is 0 Å². The van der Waals surface area contributed by atoms with Crippen molar-refractivity contribution in [1.29, 1.82) is 0 Å². The lowest BCUT2D eigenvalue weighted by Crippen LogP contribution is -2.21. The van der Waals surface area contributed by atoms with E-state index in [-0.39, 0.29) is 11.8 Å². The monoisotopic (exact) mass is 319 g/mol. The summed E-state index contributed by atoms with van der Waals surface area (Å²) in [7, 11) is 0. The van der Waals surface area contributed by atoms with Crippen LogP contribution in [-0.4, -0.2) is 19.6 Å². The first-order chi connectivity index (χ1) is 10.3. The van der Waals surface area contributed by atoms with E-state index in [1.165, 1.54) is 18.3 Å². The first-order valence-electron chi connectivity index (χ1n) is 6.81. The van der Waals surface area contributed by atoms with Gasteiger partial charge in [0.15, 0.2) is 5.65 Å². The molecular formula is C16H15ClFN3O.